The highest BCUT2D eigenvalue weighted by atomic mass is 16.5. The van der Waals surface area contributed by atoms with E-state index in [4.69, 9.17) is 9.47 Å². The molecule has 43 heavy (non-hydrogen) atoms. The number of aliphatic hydroxyl groups is 1. The van der Waals surface area contributed by atoms with Crippen LogP contribution in [-0.4, -0.2) is 70.4 Å². The summed E-state index contributed by atoms with van der Waals surface area (Å²) in [5.74, 6) is 1.98. The maximum atomic E-state index is 13.0. The number of anilines is 1. The zero-order valence-corrected chi connectivity index (χ0v) is 25.0. The molecule has 10 heteroatoms. The van der Waals surface area contributed by atoms with Crippen LogP contribution < -0.4 is 20.1 Å². The fourth-order valence-corrected chi connectivity index (χ4v) is 5.45. The molecule has 0 spiro atoms. The van der Waals surface area contributed by atoms with Gasteiger partial charge in [0.15, 0.2) is 11.5 Å². The summed E-state index contributed by atoms with van der Waals surface area (Å²) in [6, 6.07) is 16.3. The van der Waals surface area contributed by atoms with E-state index >= 15 is 0 Å². The molecule has 2 aromatic carbocycles. The van der Waals surface area contributed by atoms with Gasteiger partial charge in [-0.05, 0) is 88.5 Å². The van der Waals surface area contributed by atoms with Crippen LogP contribution in [0.4, 0.5) is 10.6 Å². The van der Waals surface area contributed by atoms with Crippen molar-refractivity contribution in [3.63, 3.8) is 0 Å². The molecule has 3 N–H and O–H groups in total. The van der Waals surface area contributed by atoms with Crippen molar-refractivity contribution in [1.82, 2.24) is 19.8 Å². The van der Waals surface area contributed by atoms with E-state index in [1.165, 1.54) is 10.1 Å². The third-order valence-corrected chi connectivity index (χ3v) is 7.51. The summed E-state index contributed by atoms with van der Waals surface area (Å²) in [4.78, 5) is 31.9. The molecular formula is C33H39N5O5. The lowest BCUT2D eigenvalue weighted by Crippen LogP contribution is -2.37. The van der Waals surface area contributed by atoms with Gasteiger partial charge in [0.25, 0.3) is 5.91 Å². The molecule has 0 radical (unpaired) electrons. The Morgan fingerprint density at radius 3 is 2.44 bits per heavy atom. The third-order valence-electron chi connectivity index (χ3n) is 7.51. The Bertz CT molecular complexity index is 1570. The second-order valence-electron chi connectivity index (χ2n) is 11.2. The number of rotatable bonds is 9. The number of nitrogens with zero attached hydrogens (tertiary/aromatic N) is 3. The molecule has 0 unspecified atom stereocenters. The Kier molecular flexibility index (Phi) is 9.27. The number of aliphatic hydroxyl groups excluding tert-OH is 1. The largest absolute Gasteiger partial charge is 0.487 e. The van der Waals surface area contributed by atoms with Crippen LogP contribution in [-0.2, 0) is 0 Å². The van der Waals surface area contributed by atoms with Crippen LogP contribution in [0.1, 0.15) is 55.5 Å². The van der Waals surface area contributed by atoms with Crippen molar-refractivity contribution in [2.24, 2.45) is 0 Å². The normalized spacial score (nSPS) is 14.9. The van der Waals surface area contributed by atoms with Crippen molar-refractivity contribution in [1.29, 1.82) is 0 Å². The van der Waals surface area contributed by atoms with E-state index in [0.717, 1.165) is 31.3 Å². The monoisotopic (exact) mass is 585 g/mol. The Hall–Kier alpha value is -4.41. The van der Waals surface area contributed by atoms with Gasteiger partial charge in [0, 0.05) is 49.1 Å². The number of ether oxygens (including phenoxy) is 2. The minimum absolute atomic E-state index is 0.121. The molecule has 226 valence electrons. The first-order chi connectivity index (χ1) is 20.7. The number of likely N-dealkylation sites (tertiary alicyclic amines) is 1. The molecule has 10 nitrogen and oxygen atoms in total. The fourth-order valence-electron chi connectivity index (χ4n) is 5.45. The summed E-state index contributed by atoms with van der Waals surface area (Å²) in [6.45, 7) is 8.29. The number of β-amino-alcohol motifs (C(OH)–C–C–N with tert-alkyl or cyclic N) is 1. The first-order valence-corrected chi connectivity index (χ1v) is 14.7. The van der Waals surface area contributed by atoms with Gasteiger partial charge in [-0.1, -0.05) is 12.1 Å². The van der Waals surface area contributed by atoms with Crippen LogP contribution in [0.25, 0.3) is 10.9 Å². The summed E-state index contributed by atoms with van der Waals surface area (Å²) in [5.41, 5.74) is 2.46. The topological polar surface area (TPSA) is 118 Å². The second kappa shape index (κ2) is 13.3. The molecule has 3 heterocycles. The standard InChI is InChI=1S/C33H39N5O5/c1-21(2)42-30-19-28-26(12-16-38(28)33(41)34-4)17-29(30)43-27-9-13-35-31(18-27)36-32(40)25-7-5-23(6-8-25)24-10-14-37(15-11-24)20-22(3)39/h5-9,12-13,16-19,21-22,24,39H,10-11,14-15,20H2,1-4H3,(H,34,41)(H,35,36,40)/t22-/m1/s1. The first-order valence-electron chi connectivity index (χ1n) is 14.7. The molecule has 1 saturated heterocycles. The van der Waals surface area contributed by atoms with Crippen molar-refractivity contribution in [3.05, 3.63) is 78.1 Å². The molecule has 2 aromatic heterocycles. The summed E-state index contributed by atoms with van der Waals surface area (Å²) >= 11 is 0. The van der Waals surface area contributed by atoms with Crippen LogP contribution >= 0.6 is 0 Å². The number of nitrogens with one attached hydrogen (secondary N) is 2. The quantitative estimate of drug-likeness (QED) is 0.234. The molecule has 1 fully saturated rings. The third kappa shape index (κ3) is 7.33. The predicted octanol–water partition coefficient (Wildman–Crippen LogP) is 5.62. The molecule has 1 atom stereocenters. The molecule has 2 amide bonds. The number of amides is 2. The molecule has 0 aliphatic carbocycles. The highest BCUT2D eigenvalue weighted by Crippen LogP contribution is 2.37. The van der Waals surface area contributed by atoms with Gasteiger partial charge in [-0.2, -0.15) is 0 Å². The molecule has 0 bridgehead atoms. The summed E-state index contributed by atoms with van der Waals surface area (Å²) < 4.78 is 13.7. The van der Waals surface area contributed by atoms with E-state index in [9.17, 15) is 14.7 Å². The Morgan fingerprint density at radius 2 is 1.77 bits per heavy atom. The lowest BCUT2D eigenvalue weighted by Gasteiger charge is -2.32. The number of carbonyl (C=O) groups excluding carboxylic acids is 2. The van der Waals surface area contributed by atoms with Crippen LogP contribution in [0.5, 0.6) is 17.2 Å². The van der Waals surface area contributed by atoms with Gasteiger partial charge in [0.1, 0.15) is 11.6 Å². The number of fused-ring (bicyclic) bond motifs is 1. The molecule has 0 saturated carbocycles. The van der Waals surface area contributed by atoms with Crippen LogP contribution in [0, 0.1) is 0 Å². The number of carbonyl (C=O) groups is 2. The molecule has 1 aliphatic heterocycles. The van der Waals surface area contributed by atoms with Crippen LogP contribution in [0.3, 0.4) is 0 Å². The Balaban J connectivity index is 1.27. The average Bonchev–Trinajstić information content (AvgIpc) is 3.39. The van der Waals surface area contributed by atoms with E-state index in [1.807, 2.05) is 57.2 Å². The number of pyridine rings is 1. The van der Waals surface area contributed by atoms with E-state index in [0.29, 0.717) is 46.6 Å². The van der Waals surface area contributed by atoms with Gasteiger partial charge in [-0.25, -0.2) is 9.78 Å². The number of hydrogen-bond acceptors (Lipinski definition) is 7. The minimum Gasteiger partial charge on any atom is -0.487 e. The van der Waals surface area contributed by atoms with Gasteiger partial charge in [-0.3, -0.25) is 9.36 Å². The zero-order chi connectivity index (χ0) is 30.5. The number of benzene rings is 2. The van der Waals surface area contributed by atoms with Crippen LogP contribution in [0.2, 0.25) is 0 Å². The van der Waals surface area contributed by atoms with Gasteiger partial charge < -0.3 is 30.1 Å². The van der Waals surface area contributed by atoms with Crippen LogP contribution in [0.15, 0.2) is 67.0 Å². The maximum Gasteiger partial charge on any atom is 0.325 e. The smallest absolute Gasteiger partial charge is 0.325 e. The van der Waals surface area contributed by atoms with Gasteiger partial charge in [0.05, 0.1) is 17.7 Å². The molecular weight excluding hydrogens is 546 g/mol. The van der Waals surface area contributed by atoms with E-state index in [1.54, 1.807) is 37.6 Å². The lowest BCUT2D eigenvalue weighted by atomic mass is 9.89. The molecule has 4 aromatic rings. The lowest BCUT2D eigenvalue weighted by molar-refractivity contribution is 0.102. The Labute approximate surface area is 251 Å². The second-order valence-corrected chi connectivity index (χ2v) is 11.2. The van der Waals surface area contributed by atoms with E-state index < -0.39 is 0 Å². The molecule has 1 aliphatic rings. The first kappa shape index (κ1) is 30.1. The maximum absolute atomic E-state index is 13.0. The SMILES string of the molecule is CNC(=O)n1ccc2cc(Oc3ccnc(NC(=O)c4ccc(C5CCN(C[C@@H](C)O)CC5)cc4)c3)c(OC(C)C)cc21. The highest BCUT2D eigenvalue weighted by molar-refractivity contribution is 6.03. The minimum atomic E-state index is -0.313. The number of aromatic nitrogens is 2. The summed E-state index contributed by atoms with van der Waals surface area (Å²) in [5, 5.41) is 16.0. The zero-order valence-electron chi connectivity index (χ0n) is 25.0. The van der Waals surface area contributed by atoms with Crippen molar-refractivity contribution in [3.8, 4) is 17.2 Å². The highest BCUT2D eigenvalue weighted by Gasteiger charge is 2.22. The van der Waals surface area contributed by atoms with E-state index in [-0.39, 0.29) is 24.1 Å². The van der Waals surface area contributed by atoms with Crippen molar-refractivity contribution in [2.75, 3.05) is 32.0 Å². The van der Waals surface area contributed by atoms with Gasteiger partial charge >= 0.3 is 6.03 Å². The number of hydrogen-bond donors (Lipinski definition) is 3. The van der Waals surface area contributed by atoms with Gasteiger partial charge in [0.2, 0.25) is 0 Å². The van der Waals surface area contributed by atoms with Crippen molar-refractivity contribution >= 4 is 28.7 Å². The fraction of sp³-hybridized carbons (Fsp3) is 0.364. The number of piperidine rings is 1. The van der Waals surface area contributed by atoms with Crippen molar-refractivity contribution < 1.29 is 24.2 Å². The predicted molar refractivity (Wildman–Crippen MR) is 166 cm³/mol. The van der Waals surface area contributed by atoms with Crippen molar-refractivity contribution in [2.45, 2.75) is 51.7 Å². The summed E-state index contributed by atoms with van der Waals surface area (Å²) in [7, 11) is 1.58. The average molecular weight is 586 g/mol. The Morgan fingerprint density at radius 1 is 1.02 bits per heavy atom. The van der Waals surface area contributed by atoms with Gasteiger partial charge in [-0.15, -0.1) is 0 Å². The van der Waals surface area contributed by atoms with E-state index in [2.05, 4.69) is 20.5 Å². The summed E-state index contributed by atoms with van der Waals surface area (Å²) in [6.07, 6.45) is 4.90. The molecule has 5 rings (SSSR count).